The Balaban J connectivity index is 1.42. The number of hydrogen-bond acceptors (Lipinski definition) is 2. The summed E-state index contributed by atoms with van der Waals surface area (Å²) in [5.41, 5.74) is 9.15. The van der Waals surface area contributed by atoms with E-state index in [9.17, 15) is 9.90 Å². The van der Waals surface area contributed by atoms with E-state index in [4.69, 9.17) is 5.73 Å². The van der Waals surface area contributed by atoms with Crippen LogP contribution < -0.4 is 5.73 Å². The minimum absolute atomic E-state index is 0.113. The lowest BCUT2D eigenvalue weighted by atomic mass is 9.67. The Hall–Kier alpha value is -2.39. The van der Waals surface area contributed by atoms with Crippen LogP contribution in [0.3, 0.4) is 0 Å². The molecule has 43 heavy (non-hydrogen) atoms. The quantitative estimate of drug-likeness (QED) is 0.161. The lowest BCUT2D eigenvalue weighted by Crippen LogP contribution is -2.31. The summed E-state index contributed by atoms with van der Waals surface area (Å²) < 4.78 is 0. The van der Waals surface area contributed by atoms with Gasteiger partial charge in [-0.2, -0.15) is 0 Å². The summed E-state index contributed by atoms with van der Waals surface area (Å²) in [5.74, 6) is 1.42. The third-order valence-corrected chi connectivity index (χ3v) is 11.0. The number of allylic oxidation sites excluding steroid dienone is 2. The van der Waals surface area contributed by atoms with E-state index in [1.54, 1.807) is 0 Å². The Kier molecular flexibility index (Phi) is 14.4. The fourth-order valence-electron chi connectivity index (χ4n) is 8.48. The molecule has 3 unspecified atom stereocenters. The summed E-state index contributed by atoms with van der Waals surface area (Å²) in [6, 6.07) is 21.9. The average Bonchev–Trinajstić information content (AvgIpc) is 3.52. The summed E-state index contributed by atoms with van der Waals surface area (Å²) in [6.07, 6.45) is 27.3. The van der Waals surface area contributed by atoms with Crippen LogP contribution in [0.5, 0.6) is 0 Å². The van der Waals surface area contributed by atoms with Crippen molar-refractivity contribution in [3.8, 4) is 0 Å². The zero-order valence-corrected chi connectivity index (χ0v) is 26.8. The third kappa shape index (κ3) is 11.2. The van der Waals surface area contributed by atoms with Gasteiger partial charge < -0.3 is 10.8 Å². The lowest BCUT2D eigenvalue weighted by Gasteiger charge is -2.37. The zero-order valence-electron chi connectivity index (χ0n) is 26.8. The number of benzene rings is 2. The molecule has 3 N–H and O–H groups in total. The standard InChI is InChI=1S/C40H59NO2/c41-30-27-36(37(31-39(42)43)32-40(28-13-14-29-40)38-21-11-4-12-22-38)26-25-35(24-23-34-18-8-3-9-19-34)20-10-2-7-17-33-15-5-1-6-16-33/h2-4,8-12,18-19,21-22,33,35-37H,1,5-7,13-17,20,23-32,41H2,(H,42,43). The minimum atomic E-state index is -0.658. The van der Waals surface area contributed by atoms with Crippen molar-refractivity contribution < 1.29 is 9.90 Å². The number of carbonyl (C=O) groups is 1. The van der Waals surface area contributed by atoms with Crippen LogP contribution in [0.2, 0.25) is 0 Å². The number of carboxylic acid groups (broad SMARTS) is 1. The molecule has 2 saturated carbocycles. The summed E-state index contributed by atoms with van der Waals surface area (Å²) in [6.45, 7) is 0.634. The van der Waals surface area contributed by atoms with E-state index >= 15 is 0 Å². The van der Waals surface area contributed by atoms with Gasteiger partial charge in [0.05, 0.1) is 0 Å². The van der Waals surface area contributed by atoms with Gasteiger partial charge in [0.25, 0.3) is 0 Å². The van der Waals surface area contributed by atoms with Crippen molar-refractivity contribution >= 4 is 5.97 Å². The van der Waals surface area contributed by atoms with Gasteiger partial charge in [-0.15, -0.1) is 0 Å². The maximum Gasteiger partial charge on any atom is 0.303 e. The molecule has 2 fully saturated rings. The SMILES string of the molecule is NCCC(CCC(CC=CCCC1CCCCC1)CCc1ccccc1)C(CC(=O)O)CC1(c2ccccc2)CCCC1. The van der Waals surface area contributed by atoms with E-state index in [0.717, 1.165) is 44.4 Å². The molecule has 3 heteroatoms. The first-order valence-electron chi connectivity index (χ1n) is 17.7. The van der Waals surface area contributed by atoms with Gasteiger partial charge in [-0.3, -0.25) is 4.79 Å². The zero-order chi connectivity index (χ0) is 30.2. The van der Waals surface area contributed by atoms with Crippen molar-refractivity contribution in [3.05, 3.63) is 83.9 Å². The molecule has 3 nitrogen and oxygen atoms in total. The summed E-state index contributed by atoms with van der Waals surface area (Å²) >= 11 is 0. The molecule has 0 amide bonds. The molecule has 3 atom stereocenters. The minimum Gasteiger partial charge on any atom is -0.481 e. The molecule has 2 aliphatic rings. The smallest absolute Gasteiger partial charge is 0.303 e. The maximum absolute atomic E-state index is 12.2. The van der Waals surface area contributed by atoms with Gasteiger partial charge in [0.15, 0.2) is 0 Å². The Bertz CT molecular complexity index is 1050. The molecule has 0 aromatic heterocycles. The van der Waals surface area contributed by atoms with Crippen molar-refractivity contribution in [1.29, 1.82) is 0 Å². The predicted molar refractivity (Wildman–Crippen MR) is 181 cm³/mol. The highest BCUT2D eigenvalue weighted by Crippen LogP contribution is 2.48. The van der Waals surface area contributed by atoms with Crippen LogP contribution in [-0.2, 0) is 16.6 Å². The summed E-state index contributed by atoms with van der Waals surface area (Å²) in [5, 5.41) is 10.0. The number of hydrogen-bond donors (Lipinski definition) is 2. The van der Waals surface area contributed by atoms with Crippen LogP contribution in [-0.4, -0.2) is 17.6 Å². The second-order valence-corrected chi connectivity index (χ2v) is 14.0. The van der Waals surface area contributed by atoms with E-state index in [1.165, 1.54) is 88.2 Å². The van der Waals surface area contributed by atoms with Crippen LogP contribution >= 0.6 is 0 Å². The molecule has 0 spiro atoms. The van der Waals surface area contributed by atoms with Gasteiger partial charge in [0.1, 0.15) is 0 Å². The van der Waals surface area contributed by atoms with Crippen LogP contribution in [0.25, 0.3) is 0 Å². The number of aliphatic carboxylic acids is 1. The van der Waals surface area contributed by atoms with Crippen molar-refractivity contribution in [2.45, 2.75) is 127 Å². The third-order valence-electron chi connectivity index (χ3n) is 11.0. The molecule has 0 radical (unpaired) electrons. The van der Waals surface area contributed by atoms with Crippen molar-refractivity contribution in [2.75, 3.05) is 6.54 Å². The summed E-state index contributed by atoms with van der Waals surface area (Å²) in [7, 11) is 0. The number of carboxylic acids is 1. The molecular weight excluding hydrogens is 526 g/mol. The first-order valence-corrected chi connectivity index (χ1v) is 17.7. The van der Waals surface area contributed by atoms with Crippen molar-refractivity contribution in [3.63, 3.8) is 0 Å². The van der Waals surface area contributed by atoms with Crippen molar-refractivity contribution in [2.24, 2.45) is 29.4 Å². The molecule has 0 saturated heterocycles. The predicted octanol–water partition coefficient (Wildman–Crippen LogP) is 10.3. The Morgan fingerprint density at radius 2 is 1.53 bits per heavy atom. The van der Waals surface area contributed by atoms with E-state index in [0.29, 0.717) is 18.4 Å². The molecule has 2 aromatic carbocycles. The largest absolute Gasteiger partial charge is 0.481 e. The Labute approximate surface area is 262 Å². The van der Waals surface area contributed by atoms with E-state index < -0.39 is 5.97 Å². The molecule has 4 rings (SSSR count). The van der Waals surface area contributed by atoms with Crippen LogP contribution in [0.4, 0.5) is 0 Å². The van der Waals surface area contributed by atoms with Crippen LogP contribution in [0.15, 0.2) is 72.8 Å². The first kappa shape index (κ1) is 33.5. The summed E-state index contributed by atoms with van der Waals surface area (Å²) in [4.78, 5) is 12.2. The van der Waals surface area contributed by atoms with Crippen molar-refractivity contribution in [1.82, 2.24) is 0 Å². The van der Waals surface area contributed by atoms with E-state index in [-0.39, 0.29) is 17.8 Å². The first-order chi connectivity index (χ1) is 21.1. The molecule has 0 bridgehead atoms. The second-order valence-electron chi connectivity index (χ2n) is 14.0. The number of nitrogens with two attached hydrogens (primary N) is 1. The number of rotatable bonds is 19. The average molecular weight is 586 g/mol. The second kappa shape index (κ2) is 18.4. The molecule has 2 aliphatic carbocycles. The number of aryl methyl sites for hydroxylation is 1. The highest BCUT2D eigenvalue weighted by atomic mass is 16.4. The van der Waals surface area contributed by atoms with Gasteiger partial charge in [0.2, 0.25) is 0 Å². The highest BCUT2D eigenvalue weighted by molar-refractivity contribution is 5.67. The van der Waals surface area contributed by atoms with Gasteiger partial charge in [-0.1, -0.05) is 118 Å². The fourth-order valence-corrected chi connectivity index (χ4v) is 8.48. The van der Waals surface area contributed by atoms with Crippen LogP contribution in [0.1, 0.15) is 127 Å². The van der Waals surface area contributed by atoms with Gasteiger partial charge >= 0.3 is 5.97 Å². The topological polar surface area (TPSA) is 63.3 Å². The maximum atomic E-state index is 12.2. The van der Waals surface area contributed by atoms with Gasteiger partial charge in [-0.05, 0) is 117 Å². The van der Waals surface area contributed by atoms with E-state index in [2.05, 4.69) is 72.8 Å². The van der Waals surface area contributed by atoms with Crippen LogP contribution in [0, 0.1) is 23.7 Å². The highest BCUT2D eigenvalue weighted by Gasteiger charge is 2.40. The molecule has 0 aliphatic heterocycles. The van der Waals surface area contributed by atoms with Gasteiger partial charge in [0, 0.05) is 6.42 Å². The molecular formula is C40H59NO2. The molecule has 0 heterocycles. The monoisotopic (exact) mass is 585 g/mol. The van der Waals surface area contributed by atoms with E-state index in [1.807, 2.05) is 0 Å². The lowest BCUT2D eigenvalue weighted by molar-refractivity contribution is -0.138. The Morgan fingerprint density at radius 1 is 0.837 bits per heavy atom. The fraction of sp³-hybridized carbons (Fsp3) is 0.625. The molecule has 236 valence electrons. The Morgan fingerprint density at radius 3 is 2.21 bits per heavy atom. The normalized spacial score (nSPS) is 19.4. The molecule has 2 aromatic rings. The van der Waals surface area contributed by atoms with Gasteiger partial charge in [-0.25, -0.2) is 0 Å².